The molecule has 0 spiro atoms. The number of hydrogen-bond acceptors (Lipinski definition) is 1. The van der Waals surface area contributed by atoms with Crippen LogP contribution in [0.5, 0.6) is 0 Å². The lowest BCUT2D eigenvalue weighted by atomic mass is 10.1. The maximum atomic E-state index is 5.19. The predicted octanol–water partition coefficient (Wildman–Crippen LogP) is 18.4. The van der Waals surface area contributed by atoms with Crippen LogP contribution in [-0.4, -0.2) is 27.8 Å². The highest BCUT2D eigenvalue weighted by molar-refractivity contribution is 6.22. The van der Waals surface area contributed by atoms with Gasteiger partial charge in [-0.1, -0.05) is 161 Å². The van der Waals surface area contributed by atoms with Crippen LogP contribution in [-0.2, 0) is 0 Å². The summed E-state index contributed by atoms with van der Waals surface area (Å²) in [5.41, 5.74) is 14.2. The topological polar surface area (TPSA) is 37.5 Å². The predicted molar refractivity (Wildman–Crippen MR) is 314 cm³/mol. The van der Waals surface area contributed by atoms with Crippen molar-refractivity contribution in [3.05, 3.63) is 254 Å². The van der Waals surface area contributed by atoms with Gasteiger partial charge in [-0.05, 0) is 118 Å². The summed E-state index contributed by atoms with van der Waals surface area (Å²) in [5, 5.41) is 7.33. The average Bonchev–Trinajstić information content (AvgIpc) is 4.31. The lowest BCUT2D eigenvalue weighted by Gasteiger charge is -2.11. The quantitative estimate of drug-likeness (QED) is 0.153. The van der Waals surface area contributed by atoms with Crippen LogP contribution in [0.4, 0.5) is 0 Å². The molecule has 6 heteroatoms. The molecule has 7 aromatic carbocycles. The van der Waals surface area contributed by atoms with E-state index in [2.05, 4.69) is 251 Å². The SMILES string of the molecule is C/C=C\C(=C/C)n1ccc2ccc3c(c4ccccc4n3-c3ccc(-n4c5ccccc5c5c6c(ccc54)ccn6-c4ccccc4)nc3)c21.CC.CC.Cc1ccccc1.Cc1ccn(-c2ccccc2)c1. The highest BCUT2D eigenvalue weighted by Gasteiger charge is 2.20. The fraction of sp³-hybridized carbons (Fsp3) is 0.119. The van der Waals surface area contributed by atoms with Crippen LogP contribution in [0.1, 0.15) is 52.7 Å². The van der Waals surface area contributed by atoms with E-state index in [0.717, 1.165) is 45.0 Å². The Morgan fingerprint density at radius 1 is 0.438 bits per heavy atom. The summed E-state index contributed by atoms with van der Waals surface area (Å²) in [6.07, 6.45) is 17.0. The Labute approximate surface area is 429 Å². The number of hydrogen-bond donors (Lipinski definition) is 0. The van der Waals surface area contributed by atoms with Gasteiger partial charge in [0, 0.05) is 74.2 Å². The maximum Gasteiger partial charge on any atom is 0.137 e. The van der Waals surface area contributed by atoms with Crippen molar-refractivity contribution in [2.45, 2.75) is 55.4 Å². The van der Waals surface area contributed by atoms with E-state index in [1.54, 1.807) is 0 Å². The van der Waals surface area contributed by atoms with E-state index < -0.39 is 0 Å². The van der Waals surface area contributed by atoms with Crippen LogP contribution in [0.2, 0.25) is 0 Å². The minimum atomic E-state index is 0.887. The molecule has 73 heavy (non-hydrogen) atoms. The maximum absolute atomic E-state index is 5.19. The highest BCUT2D eigenvalue weighted by Crippen LogP contribution is 2.40. The molecule has 0 atom stereocenters. The van der Waals surface area contributed by atoms with Crippen LogP contribution in [0.3, 0.4) is 0 Å². The van der Waals surface area contributed by atoms with Crippen molar-refractivity contribution in [1.82, 2.24) is 27.8 Å². The van der Waals surface area contributed by atoms with Gasteiger partial charge >= 0.3 is 0 Å². The van der Waals surface area contributed by atoms with Gasteiger partial charge in [0.1, 0.15) is 5.82 Å². The van der Waals surface area contributed by atoms with Crippen LogP contribution in [0.25, 0.3) is 94.0 Å². The molecule has 0 amide bonds. The number of rotatable bonds is 6. The molecule has 362 valence electrons. The van der Waals surface area contributed by atoms with Crippen LogP contribution in [0, 0.1) is 13.8 Å². The summed E-state index contributed by atoms with van der Waals surface area (Å²) >= 11 is 0. The second-order valence-electron chi connectivity index (χ2n) is 17.4. The molecule has 0 bridgehead atoms. The first-order valence-electron chi connectivity index (χ1n) is 25.6. The number of pyridine rings is 1. The van der Waals surface area contributed by atoms with Crippen molar-refractivity contribution in [3.63, 3.8) is 0 Å². The Hall–Kier alpha value is -8.87. The fourth-order valence-electron chi connectivity index (χ4n) is 9.83. The van der Waals surface area contributed by atoms with E-state index in [1.165, 1.54) is 60.2 Å². The van der Waals surface area contributed by atoms with Gasteiger partial charge in [-0.15, -0.1) is 0 Å². The van der Waals surface area contributed by atoms with Crippen molar-refractivity contribution in [2.24, 2.45) is 0 Å². The molecule has 0 aliphatic carbocycles. The second-order valence-corrected chi connectivity index (χ2v) is 17.4. The summed E-state index contributed by atoms with van der Waals surface area (Å²) in [5.74, 6) is 0.887. The molecule has 0 aliphatic heterocycles. The Kier molecular flexibility index (Phi) is 15.1. The molecule has 0 saturated heterocycles. The third-order valence-corrected chi connectivity index (χ3v) is 13.0. The number of allylic oxidation sites excluding steroid dienone is 4. The zero-order valence-electron chi connectivity index (χ0n) is 43.3. The Morgan fingerprint density at radius 3 is 1.55 bits per heavy atom. The summed E-state index contributed by atoms with van der Waals surface area (Å²) in [7, 11) is 0. The van der Waals surface area contributed by atoms with Crippen LogP contribution < -0.4 is 0 Å². The van der Waals surface area contributed by atoms with Crippen molar-refractivity contribution < 1.29 is 0 Å². The molecule has 0 fully saturated rings. The van der Waals surface area contributed by atoms with Crippen LogP contribution >= 0.6 is 0 Å². The van der Waals surface area contributed by atoms with Crippen molar-refractivity contribution >= 4 is 71.1 Å². The standard InChI is InChI=1S/C45H33N5.C11H11N.C7H8.2C2H6/c1-3-12-32(4-2)47-27-25-30-19-22-39-42(44(30)47)35-15-8-10-17-37(35)49(39)34-21-24-41(46-29-34)50-38-18-11-9-16-36(38)43-40(50)23-20-31-26-28-48(45(31)43)33-13-6-5-7-14-33;1-10-7-8-12(9-10)11-5-3-2-4-6-11;1-7-5-3-2-4-6-7;2*1-2/h3-29H,1-2H3;2-9H,1H3;2-6H,1H3;2*1-2H3/b12-3-,32-4+;;;;. The van der Waals surface area contributed by atoms with Gasteiger partial charge in [-0.2, -0.15) is 0 Å². The van der Waals surface area contributed by atoms with Gasteiger partial charge in [0.2, 0.25) is 0 Å². The number of aromatic nitrogens is 6. The number of nitrogens with zero attached hydrogens (tertiary/aromatic N) is 6. The molecule has 6 nitrogen and oxygen atoms in total. The molecule has 0 N–H and O–H groups in total. The number of fused-ring (bicyclic) bond motifs is 10. The summed E-state index contributed by atoms with van der Waals surface area (Å²) in [4.78, 5) is 5.19. The normalized spacial score (nSPS) is 11.3. The Balaban J connectivity index is 0.000000236. The van der Waals surface area contributed by atoms with Gasteiger partial charge in [-0.3, -0.25) is 4.57 Å². The molecule has 13 aromatic rings. The van der Waals surface area contributed by atoms with E-state index in [9.17, 15) is 0 Å². The fourth-order valence-corrected chi connectivity index (χ4v) is 9.83. The molecule has 0 radical (unpaired) electrons. The zero-order valence-corrected chi connectivity index (χ0v) is 43.3. The molecular formula is C67H64N6. The Morgan fingerprint density at radius 2 is 0.986 bits per heavy atom. The number of para-hydroxylation sites is 4. The van der Waals surface area contributed by atoms with Crippen LogP contribution in [0.15, 0.2) is 243 Å². The van der Waals surface area contributed by atoms with Gasteiger partial charge < -0.3 is 18.3 Å². The van der Waals surface area contributed by atoms with Crippen molar-refractivity contribution in [3.8, 4) is 22.9 Å². The van der Waals surface area contributed by atoms with Gasteiger partial charge in [0.25, 0.3) is 0 Å². The minimum Gasteiger partial charge on any atom is -0.324 e. The lowest BCUT2D eigenvalue weighted by molar-refractivity contribution is 1.05. The molecule has 0 unspecified atom stereocenters. The van der Waals surface area contributed by atoms with E-state index >= 15 is 0 Å². The second kappa shape index (κ2) is 22.5. The molecule has 6 heterocycles. The van der Waals surface area contributed by atoms with Gasteiger partial charge in [-0.25, -0.2) is 4.98 Å². The zero-order chi connectivity index (χ0) is 50.8. The van der Waals surface area contributed by atoms with Crippen molar-refractivity contribution in [1.29, 1.82) is 0 Å². The minimum absolute atomic E-state index is 0.887. The Bertz CT molecular complexity index is 3970. The van der Waals surface area contributed by atoms with E-state index in [4.69, 9.17) is 4.98 Å². The first-order valence-corrected chi connectivity index (χ1v) is 25.6. The third kappa shape index (κ3) is 9.55. The highest BCUT2D eigenvalue weighted by atomic mass is 15.1. The molecule has 6 aromatic heterocycles. The summed E-state index contributed by atoms with van der Waals surface area (Å²) in [6.45, 7) is 16.3. The van der Waals surface area contributed by atoms with E-state index in [-0.39, 0.29) is 0 Å². The molecule has 13 rings (SSSR count). The lowest BCUT2D eigenvalue weighted by Crippen LogP contribution is -2.00. The molecule has 0 aliphatic rings. The smallest absolute Gasteiger partial charge is 0.137 e. The average molecular weight is 953 g/mol. The van der Waals surface area contributed by atoms with E-state index in [0.29, 0.717) is 0 Å². The largest absolute Gasteiger partial charge is 0.324 e. The molecular weight excluding hydrogens is 889 g/mol. The van der Waals surface area contributed by atoms with Crippen molar-refractivity contribution in [2.75, 3.05) is 0 Å². The van der Waals surface area contributed by atoms with Gasteiger partial charge in [0.05, 0.1) is 45.0 Å². The molecule has 0 saturated carbocycles. The summed E-state index contributed by atoms with van der Waals surface area (Å²) < 4.78 is 11.4. The van der Waals surface area contributed by atoms with E-state index in [1.807, 2.05) is 70.3 Å². The summed E-state index contributed by atoms with van der Waals surface area (Å²) in [6, 6.07) is 68.4. The number of aryl methyl sites for hydroxylation is 2. The number of benzene rings is 7. The third-order valence-electron chi connectivity index (χ3n) is 13.0. The van der Waals surface area contributed by atoms with Gasteiger partial charge in [0.15, 0.2) is 0 Å². The first-order chi connectivity index (χ1) is 36.0. The monoisotopic (exact) mass is 953 g/mol. The first kappa shape index (κ1) is 49.1.